The summed E-state index contributed by atoms with van der Waals surface area (Å²) in [6.45, 7) is 0. The molecule has 0 aliphatic heterocycles. The Morgan fingerprint density at radius 3 is 2.75 bits per heavy atom. The van der Waals surface area contributed by atoms with Crippen molar-refractivity contribution < 1.29 is 0 Å². The van der Waals surface area contributed by atoms with Gasteiger partial charge in [0.05, 0.1) is 11.9 Å². The number of hydrogen-bond acceptors (Lipinski definition) is 4. The molecule has 0 saturated heterocycles. The van der Waals surface area contributed by atoms with E-state index in [9.17, 15) is 0 Å². The molecule has 57 valence electrons. The van der Waals surface area contributed by atoms with Crippen molar-refractivity contribution in [1.29, 1.82) is 0 Å². The Morgan fingerprint density at radius 1 is 1.08 bits per heavy atom. The molecule has 0 spiro atoms. The van der Waals surface area contributed by atoms with Crippen LogP contribution in [-0.4, -0.2) is 19.9 Å². The molecule has 12 heavy (non-hydrogen) atoms. The second kappa shape index (κ2) is 3.04. The van der Waals surface area contributed by atoms with E-state index in [4.69, 9.17) is 0 Å². The Morgan fingerprint density at radius 2 is 2.08 bits per heavy atom. The van der Waals surface area contributed by atoms with Crippen LogP contribution in [0.15, 0.2) is 30.9 Å². The van der Waals surface area contributed by atoms with Crippen LogP contribution in [0.3, 0.4) is 0 Å². The van der Waals surface area contributed by atoms with Gasteiger partial charge in [0.15, 0.2) is 6.33 Å². The van der Waals surface area contributed by atoms with Gasteiger partial charge in [-0.1, -0.05) is 0 Å². The molecule has 0 aliphatic rings. The van der Waals surface area contributed by atoms with E-state index in [0.29, 0.717) is 0 Å². The zero-order valence-electron chi connectivity index (χ0n) is 6.18. The molecule has 0 aromatic carbocycles. The predicted molar refractivity (Wildman–Crippen MR) is 41.9 cm³/mol. The average molecular weight is 157 g/mol. The average Bonchev–Trinajstić information content (AvgIpc) is 2.21. The van der Waals surface area contributed by atoms with E-state index in [2.05, 4.69) is 26.3 Å². The summed E-state index contributed by atoms with van der Waals surface area (Å²) in [6.07, 6.45) is 9.00. The first kappa shape index (κ1) is 6.84. The first-order valence-electron chi connectivity index (χ1n) is 3.42. The standard InChI is InChI=1S/C8H5N4/c1-2-10-6-12-7(1)8-5-9-3-4-11-8/h1-5H. The molecule has 2 aromatic rings. The van der Waals surface area contributed by atoms with Crippen molar-refractivity contribution in [2.75, 3.05) is 0 Å². The molecule has 0 saturated carbocycles. The van der Waals surface area contributed by atoms with Gasteiger partial charge in [-0.05, 0) is 6.07 Å². The lowest BCUT2D eigenvalue weighted by Crippen LogP contribution is -1.87. The Hall–Kier alpha value is -1.84. The second-order valence-electron chi connectivity index (χ2n) is 2.13. The van der Waals surface area contributed by atoms with Crippen LogP contribution in [0.25, 0.3) is 11.4 Å². The van der Waals surface area contributed by atoms with E-state index < -0.39 is 0 Å². The van der Waals surface area contributed by atoms with Crippen molar-refractivity contribution in [2.24, 2.45) is 0 Å². The third-order valence-electron chi connectivity index (χ3n) is 1.36. The van der Waals surface area contributed by atoms with E-state index in [1.165, 1.54) is 0 Å². The molecule has 0 aliphatic carbocycles. The Kier molecular flexibility index (Phi) is 1.74. The highest BCUT2D eigenvalue weighted by molar-refractivity contribution is 5.50. The molecular formula is C8H5N4. The lowest BCUT2D eigenvalue weighted by molar-refractivity contribution is 1.12. The van der Waals surface area contributed by atoms with Crippen molar-refractivity contribution in [3.05, 3.63) is 37.2 Å². The van der Waals surface area contributed by atoms with Gasteiger partial charge in [-0.25, -0.2) is 9.97 Å². The largest absolute Gasteiger partial charge is 0.261 e. The van der Waals surface area contributed by atoms with Gasteiger partial charge in [-0.15, -0.1) is 0 Å². The van der Waals surface area contributed by atoms with Gasteiger partial charge in [0.25, 0.3) is 0 Å². The van der Waals surface area contributed by atoms with Crippen LogP contribution < -0.4 is 0 Å². The SMILES string of the molecule is [c]1nccc(-c2cnccn2)n1. The maximum Gasteiger partial charge on any atom is 0.198 e. The van der Waals surface area contributed by atoms with Crippen LogP contribution >= 0.6 is 0 Å². The van der Waals surface area contributed by atoms with Gasteiger partial charge in [0.1, 0.15) is 5.69 Å². The van der Waals surface area contributed by atoms with E-state index in [1.54, 1.807) is 30.9 Å². The summed E-state index contributed by atoms with van der Waals surface area (Å²) in [7, 11) is 0. The smallest absolute Gasteiger partial charge is 0.198 e. The predicted octanol–water partition coefficient (Wildman–Crippen LogP) is 0.734. The number of nitrogens with zero attached hydrogens (tertiary/aromatic N) is 4. The fourth-order valence-corrected chi connectivity index (χ4v) is 0.835. The van der Waals surface area contributed by atoms with Gasteiger partial charge in [0, 0.05) is 18.6 Å². The van der Waals surface area contributed by atoms with Gasteiger partial charge in [-0.2, -0.15) is 0 Å². The summed E-state index contributed by atoms with van der Waals surface area (Å²) >= 11 is 0. The van der Waals surface area contributed by atoms with Gasteiger partial charge in [-0.3, -0.25) is 9.97 Å². The van der Waals surface area contributed by atoms with Gasteiger partial charge < -0.3 is 0 Å². The fraction of sp³-hybridized carbons (Fsp3) is 0. The van der Waals surface area contributed by atoms with Crippen LogP contribution in [0.2, 0.25) is 0 Å². The second-order valence-corrected chi connectivity index (χ2v) is 2.13. The van der Waals surface area contributed by atoms with Crippen LogP contribution in [0.4, 0.5) is 0 Å². The van der Waals surface area contributed by atoms with E-state index in [1.807, 2.05) is 0 Å². The quantitative estimate of drug-likeness (QED) is 0.612. The minimum atomic E-state index is 0.733. The molecule has 0 N–H and O–H groups in total. The lowest BCUT2D eigenvalue weighted by atomic mass is 10.3. The van der Waals surface area contributed by atoms with Crippen molar-refractivity contribution in [2.45, 2.75) is 0 Å². The normalized spacial score (nSPS) is 9.67. The maximum atomic E-state index is 4.08. The van der Waals surface area contributed by atoms with Crippen LogP contribution in [-0.2, 0) is 0 Å². The number of aromatic nitrogens is 4. The van der Waals surface area contributed by atoms with Gasteiger partial charge >= 0.3 is 0 Å². The minimum absolute atomic E-state index is 0.733. The first-order chi connectivity index (χ1) is 5.97. The molecular weight excluding hydrogens is 152 g/mol. The van der Waals surface area contributed by atoms with Crippen molar-refractivity contribution >= 4 is 0 Å². The van der Waals surface area contributed by atoms with Gasteiger partial charge in [0.2, 0.25) is 0 Å². The van der Waals surface area contributed by atoms with E-state index >= 15 is 0 Å². The molecule has 4 nitrogen and oxygen atoms in total. The third-order valence-corrected chi connectivity index (χ3v) is 1.36. The molecule has 2 aromatic heterocycles. The number of hydrogen-bond donors (Lipinski definition) is 0. The highest BCUT2D eigenvalue weighted by Crippen LogP contribution is 2.08. The molecule has 0 bridgehead atoms. The molecule has 0 atom stereocenters. The van der Waals surface area contributed by atoms with Crippen LogP contribution in [0.1, 0.15) is 0 Å². The first-order valence-corrected chi connectivity index (χ1v) is 3.42. The van der Waals surface area contributed by atoms with Crippen LogP contribution in [0.5, 0.6) is 0 Å². The summed E-state index contributed by atoms with van der Waals surface area (Å²) in [5.41, 5.74) is 1.47. The molecule has 0 fully saturated rings. The van der Waals surface area contributed by atoms with Crippen molar-refractivity contribution in [1.82, 2.24) is 19.9 Å². The lowest BCUT2D eigenvalue weighted by Gasteiger charge is -1.94. The van der Waals surface area contributed by atoms with E-state index in [0.717, 1.165) is 11.4 Å². The zero-order chi connectivity index (χ0) is 8.23. The summed E-state index contributed by atoms with van der Waals surface area (Å²) < 4.78 is 0. The molecule has 4 heteroatoms. The topological polar surface area (TPSA) is 51.6 Å². The Labute approximate surface area is 69.4 Å². The molecule has 1 radical (unpaired) electrons. The van der Waals surface area contributed by atoms with E-state index in [-0.39, 0.29) is 0 Å². The summed E-state index contributed by atoms with van der Waals surface area (Å²) in [6, 6.07) is 1.76. The minimum Gasteiger partial charge on any atom is -0.261 e. The highest BCUT2D eigenvalue weighted by Gasteiger charge is 1.97. The molecule has 0 unspecified atom stereocenters. The summed E-state index contributed by atoms with van der Waals surface area (Å²) in [5.74, 6) is 0. The van der Waals surface area contributed by atoms with Crippen molar-refractivity contribution in [3.8, 4) is 11.4 Å². The maximum absolute atomic E-state index is 4.08. The summed E-state index contributed by atoms with van der Waals surface area (Å²) in [5, 5.41) is 0. The highest BCUT2D eigenvalue weighted by atomic mass is 14.9. The van der Waals surface area contributed by atoms with Crippen LogP contribution in [0, 0.1) is 6.33 Å². The molecule has 0 amide bonds. The third kappa shape index (κ3) is 1.27. The molecule has 2 heterocycles. The Balaban J connectivity index is 2.46. The fourth-order valence-electron chi connectivity index (χ4n) is 0.835. The Bertz CT molecular complexity index is 308. The summed E-state index contributed by atoms with van der Waals surface area (Å²) in [4.78, 5) is 15.6. The number of rotatable bonds is 1. The monoisotopic (exact) mass is 157 g/mol. The zero-order valence-corrected chi connectivity index (χ0v) is 6.18. The molecule has 2 rings (SSSR count). The van der Waals surface area contributed by atoms with Crippen molar-refractivity contribution in [3.63, 3.8) is 0 Å².